The number of carbonyl (C=O) groups excluding carboxylic acids is 1. The van der Waals surface area contributed by atoms with Gasteiger partial charge >= 0.3 is 5.97 Å². The third-order valence-electron chi connectivity index (χ3n) is 2.68. The van der Waals surface area contributed by atoms with Crippen LogP contribution < -0.4 is 0 Å². The molecule has 0 saturated heterocycles. The van der Waals surface area contributed by atoms with Crippen LogP contribution in [0.1, 0.15) is 36.2 Å². The summed E-state index contributed by atoms with van der Waals surface area (Å²) in [6, 6.07) is 1.86. The zero-order chi connectivity index (χ0) is 15.5. The summed E-state index contributed by atoms with van der Waals surface area (Å²) >= 11 is 0. The summed E-state index contributed by atoms with van der Waals surface area (Å²) in [7, 11) is 1.19. The predicted octanol–water partition coefficient (Wildman–Crippen LogP) is 3.26. The Morgan fingerprint density at radius 1 is 1.40 bits per heavy atom. The van der Waals surface area contributed by atoms with E-state index in [1.165, 1.54) is 6.92 Å². The standard InChI is InChI=1S/C13H16ClFO4S/c1-8(2)4-5-19-13(16)10-7-12(20(14,17)18)9(3)6-11(10)15/h6-8H,4-5H2,1-3H3. The predicted molar refractivity (Wildman–Crippen MR) is 73.9 cm³/mol. The van der Waals surface area contributed by atoms with Gasteiger partial charge in [-0.15, -0.1) is 0 Å². The summed E-state index contributed by atoms with van der Waals surface area (Å²) in [5, 5.41) is 0. The highest BCUT2D eigenvalue weighted by atomic mass is 35.7. The Labute approximate surface area is 122 Å². The van der Waals surface area contributed by atoms with Gasteiger partial charge in [0, 0.05) is 10.7 Å². The van der Waals surface area contributed by atoms with Gasteiger partial charge in [-0.2, -0.15) is 0 Å². The molecule has 0 radical (unpaired) electrons. The maximum atomic E-state index is 13.7. The maximum absolute atomic E-state index is 13.7. The van der Waals surface area contributed by atoms with Crippen LogP contribution in [0.25, 0.3) is 0 Å². The average Bonchev–Trinajstić information content (AvgIpc) is 2.26. The molecule has 20 heavy (non-hydrogen) atoms. The van der Waals surface area contributed by atoms with E-state index in [-0.39, 0.29) is 17.1 Å². The molecule has 0 amide bonds. The van der Waals surface area contributed by atoms with Crippen LogP contribution in [0.4, 0.5) is 4.39 Å². The van der Waals surface area contributed by atoms with Crippen LogP contribution in [-0.4, -0.2) is 21.0 Å². The molecule has 0 unspecified atom stereocenters. The SMILES string of the molecule is Cc1cc(F)c(C(=O)OCCC(C)C)cc1S(=O)(=O)Cl. The van der Waals surface area contributed by atoms with Gasteiger partial charge in [0.2, 0.25) is 0 Å². The molecule has 0 heterocycles. The summed E-state index contributed by atoms with van der Waals surface area (Å²) in [6.07, 6.45) is 0.639. The molecule has 0 atom stereocenters. The molecule has 1 rings (SSSR count). The summed E-state index contributed by atoms with van der Waals surface area (Å²) in [4.78, 5) is 11.4. The van der Waals surface area contributed by atoms with Crippen LogP contribution in [0.5, 0.6) is 0 Å². The zero-order valence-electron chi connectivity index (χ0n) is 11.4. The first-order valence-corrected chi connectivity index (χ1v) is 8.35. The first-order chi connectivity index (χ1) is 9.12. The monoisotopic (exact) mass is 322 g/mol. The molecule has 0 N–H and O–H groups in total. The number of esters is 1. The van der Waals surface area contributed by atoms with Crippen molar-refractivity contribution in [3.8, 4) is 0 Å². The fourth-order valence-corrected chi connectivity index (χ4v) is 2.74. The molecular weight excluding hydrogens is 307 g/mol. The van der Waals surface area contributed by atoms with Crippen LogP contribution in [0.2, 0.25) is 0 Å². The van der Waals surface area contributed by atoms with Crippen LogP contribution in [-0.2, 0) is 13.8 Å². The lowest BCUT2D eigenvalue weighted by atomic mass is 10.1. The number of hydrogen-bond acceptors (Lipinski definition) is 4. The third-order valence-corrected chi connectivity index (χ3v) is 4.14. The fraction of sp³-hybridized carbons (Fsp3) is 0.462. The van der Waals surface area contributed by atoms with Crippen molar-refractivity contribution < 1.29 is 22.3 Å². The van der Waals surface area contributed by atoms with Gasteiger partial charge in [-0.25, -0.2) is 17.6 Å². The number of halogens is 2. The fourth-order valence-electron chi connectivity index (χ4n) is 1.54. The van der Waals surface area contributed by atoms with Crippen LogP contribution in [0.15, 0.2) is 17.0 Å². The van der Waals surface area contributed by atoms with Crippen molar-refractivity contribution in [3.63, 3.8) is 0 Å². The molecule has 1 aromatic rings. The summed E-state index contributed by atoms with van der Waals surface area (Å²) < 4.78 is 41.3. The number of carbonyl (C=O) groups is 1. The number of aryl methyl sites for hydroxylation is 1. The first kappa shape index (κ1) is 16.9. The first-order valence-electron chi connectivity index (χ1n) is 6.05. The van der Waals surface area contributed by atoms with Gasteiger partial charge in [0.25, 0.3) is 9.05 Å². The molecule has 0 aliphatic carbocycles. The molecule has 0 spiro atoms. The highest BCUT2D eigenvalue weighted by molar-refractivity contribution is 8.13. The highest BCUT2D eigenvalue weighted by Gasteiger charge is 2.21. The third kappa shape index (κ3) is 4.45. The number of hydrogen-bond donors (Lipinski definition) is 0. The Morgan fingerprint density at radius 2 is 2.00 bits per heavy atom. The van der Waals surface area contributed by atoms with Gasteiger partial charge in [0.05, 0.1) is 17.1 Å². The van der Waals surface area contributed by atoms with Crippen molar-refractivity contribution in [2.45, 2.75) is 32.1 Å². The maximum Gasteiger partial charge on any atom is 0.341 e. The van der Waals surface area contributed by atoms with Gasteiger partial charge in [-0.1, -0.05) is 13.8 Å². The minimum absolute atomic E-state index is 0.135. The van der Waals surface area contributed by atoms with E-state index in [4.69, 9.17) is 15.4 Å². The summed E-state index contributed by atoms with van der Waals surface area (Å²) in [5.41, 5.74) is -0.296. The second-order valence-corrected chi connectivity index (χ2v) is 7.39. The second-order valence-electron chi connectivity index (χ2n) is 4.85. The van der Waals surface area contributed by atoms with Crippen LogP contribution in [0.3, 0.4) is 0 Å². The Kier molecular flexibility index (Phi) is 5.53. The van der Waals surface area contributed by atoms with Crippen LogP contribution >= 0.6 is 10.7 Å². The molecule has 0 fully saturated rings. The van der Waals surface area contributed by atoms with E-state index in [0.29, 0.717) is 12.3 Å². The molecule has 0 bridgehead atoms. The molecule has 0 aliphatic rings. The van der Waals surface area contributed by atoms with Crippen molar-refractivity contribution in [2.75, 3.05) is 6.61 Å². The van der Waals surface area contributed by atoms with E-state index in [0.717, 1.165) is 12.1 Å². The average molecular weight is 323 g/mol. The lowest BCUT2D eigenvalue weighted by molar-refractivity contribution is 0.0482. The molecule has 4 nitrogen and oxygen atoms in total. The van der Waals surface area contributed by atoms with Crippen molar-refractivity contribution >= 4 is 25.7 Å². The van der Waals surface area contributed by atoms with Gasteiger partial charge in [-0.3, -0.25) is 0 Å². The van der Waals surface area contributed by atoms with E-state index >= 15 is 0 Å². The lowest BCUT2D eigenvalue weighted by Gasteiger charge is -2.09. The Bertz CT molecular complexity index is 611. The van der Waals surface area contributed by atoms with Gasteiger partial charge in [0.15, 0.2) is 0 Å². The minimum Gasteiger partial charge on any atom is -0.462 e. The summed E-state index contributed by atoms with van der Waals surface area (Å²) in [6.45, 7) is 5.45. The Morgan fingerprint density at radius 3 is 2.50 bits per heavy atom. The number of ether oxygens (including phenoxy) is 1. The van der Waals surface area contributed by atoms with Crippen molar-refractivity contribution in [2.24, 2.45) is 5.92 Å². The zero-order valence-corrected chi connectivity index (χ0v) is 13.0. The van der Waals surface area contributed by atoms with Gasteiger partial charge in [-0.05, 0) is 37.0 Å². The minimum atomic E-state index is -4.04. The Balaban J connectivity index is 3.04. The van der Waals surface area contributed by atoms with E-state index in [1.54, 1.807) is 0 Å². The molecule has 0 saturated carbocycles. The molecular formula is C13H16ClFO4S. The van der Waals surface area contributed by atoms with Crippen molar-refractivity contribution in [1.29, 1.82) is 0 Å². The van der Waals surface area contributed by atoms with Gasteiger partial charge in [0.1, 0.15) is 5.82 Å². The molecule has 0 aliphatic heterocycles. The molecule has 0 aromatic heterocycles. The topological polar surface area (TPSA) is 60.4 Å². The number of benzene rings is 1. The van der Waals surface area contributed by atoms with E-state index in [9.17, 15) is 17.6 Å². The van der Waals surface area contributed by atoms with E-state index in [1.807, 2.05) is 13.8 Å². The van der Waals surface area contributed by atoms with Crippen molar-refractivity contribution in [3.05, 3.63) is 29.1 Å². The van der Waals surface area contributed by atoms with Gasteiger partial charge < -0.3 is 4.74 Å². The molecule has 1 aromatic carbocycles. The normalized spacial score (nSPS) is 11.7. The molecule has 7 heteroatoms. The second kappa shape index (κ2) is 6.54. The smallest absolute Gasteiger partial charge is 0.341 e. The molecule has 112 valence electrons. The van der Waals surface area contributed by atoms with E-state index < -0.39 is 26.4 Å². The largest absolute Gasteiger partial charge is 0.462 e. The highest BCUT2D eigenvalue weighted by Crippen LogP contribution is 2.23. The number of rotatable bonds is 5. The Hall–Kier alpha value is -1.14. The lowest BCUT2D eigenvalue weighted by Crippen LogP contribution is -2.11. The van der Waals surface area contributed by atoms with Crippen LogP contribution in [0, 0.1) is 18.7 Å². The van der Waals surface area contributed by atoms with Crippen molar-refractivity contribution in [1.82, 2.24) is 0 Å². The summed E-state index contributed by atoms with van der Waals surface area (Å²) in [5.74, 6) is -1.39. The quantitative estimate of drug-likeness (QED) is 0.616. The van der Waals surface area contributed by atoms with E-state index in [2.05, 4.69) is 0 Å².